The molecule has 2 aliphatic rings. The Bertz CT molecular complexity index is 471. The van der Waals surface area contributed by atoms with Gasteiger partial charge in [-0.2, -0.15) is 0 Å². The number of nitrogens with zero attached hydrogens (tertiary/aromatic N) is 1. The van der Waals surface area contributed by atoms with Crippen molar-refractivity contribution < 1.29 is 4.39 Å². The Balaban J connectivity index is 1.86. The summed E-state index contributed by atoms with van der Waals surface area (Å²) in [6.07, 6.45) is 5.11. The molecule has 1 spiro atoms. The van der Waals surface area contributed by atoms with E-state index < -0.39 is 0 Å². The van der Waals surface area contributed by atoms with Gasteiger partial charge < -0.3 is 10.2 Å². The van der Waals surface area contributed by atoms with Crippen molar-refractivity contribution in [3.05, 3.63) is 28.5 Å². The second kappa shape index (κ2) is 5.06. The number of benzene rings is 1. The van der Waals surface area contributed by atoms with Gasteiger partial charge in [-0.05, 0) is 53.9 Å². The summed E-state index contributed by atoms with van der Waals surface area (Å²) >= 11 is 3.22. The van der Waals surface area contributed by atoms with Crippen LogP contribution in [0.1, 0.15) is 32.6 Å². The topological polar surface area (TPSA) is 15.3 Å². The average molecular weight is 327 g/mol. The summed E-state index contributed by atoms with van der Waals surface area (Å²) in [4.78, 5) is 2.36. The van der Waals surface area contributed by atoms with Gasteiger partial charge in [-0.3, -0.25) is 0 Å². The highest BCUT2D eigenvalue weighted by Gasteiger charge is 2.40. The van der Waals surface area contributed by atoms with E-state index in [0.29, 0.717) is 10.5 Å². The van der Waals surface area contributed by atoms with Crippen molar-refractivity contribution in [1.82, 2.24) is 5.32 Å². The number of rotatable bonds is 1. The van der Waals surface area contributed by atoms with E-state index in [9.17, 15) is 4.39 Å². The molecule has 2 fully saturated rings. The van der Waals surface area contributed by atoms with Gasteiger partial charge in [-0.25, -0.2) is 4.39 Å². The molecule has 1 aromatic rings. The molecule has 1 saturated carbocycles. The summed E-state index contributed by atoms with van der Waals surface area (Å²) in [5, 5.41) is 3.73. The first kappa shape index (κ1) is 13.4. The third kappa shape index (κ3) is 2.52. The normalized spacial score (nSPS) is 26.1. The summed E-state index contributed by atoms with van der Waals surface area (Å²) in [5.74, 6) is -0.177. The molecule has 1 atom stereocenters. The van der Waals surface area contributed by atoms with Crippen molar-refractivity contribution in [1.29, 1.82) is 0 Å². The van der Waals surface area contributed by atoms with Crippen LogP contribution in [-0.4, -0.2) is 24.7 Å². The maximum atomic E-state index is 13.7. The SMILES string of the molecule is CC1CNC2(CCCC2)CN1c1ccc(Br)c(F)c1. The van der Waals surface area contributed by atoms with Gasteiger partial charge in [0, 0.05) is 30.4 Å². The monoisotopic (exact) mass is 326 g/mol. The van der Waals surface area contributed by atoms with Crippen molar-refractivity contribution in [2.24, 2.45) is 0 Å². The molecule has 1 N–H and O–H groups in total. The molecule has 19 heavy (non-hydrogen) atoms. The highest BCUT2D eigenvalue weighted by Crippen LogP contribution is 2.35. The van der Waals surface area contributed by atoms with Crippen LogP contribution in [0.4, 0.5) is 10.1 Å². The lowest BCUT2D eigenvalue weighted by Gasteiger charge is -2.46. The quantitative estimate of drug-likeness (QED) is 0.846. The first-order chi connectivity index (χ1) is 9.10. The highest BCUT2D eigenvalue weighted by atomic mass is 79.9. The number of halogens is 2. The summed E-state index contributed by atoms with van der Waals surface area (Å²) in [6.45, 7) is 4.18. The largest absolute Gasteiger partial charge is 0.366 e. The molecule has 1 heterocycles. The van der Waals surface area contributed by atoms with Gasteiger partial charge in [-0.15, -0.1) is 0 Å². The molecule has 2 nitrogen and oxygen atoms in total. The predicted octanol–water partition coefficient (Wildman–Crippen LogP) is 3.70. The Hall–Kier alpha value is -0.610. The van der Waals surface area contributed by atoms with E-state index in [1.54, 1.807) is 12.1 Å². The second-order valence-electron chi connectivity index (χ2n) is 5.94. The minimum atomic E-state index is -0.177. The van der Waals surface area contributed by atoms with Gasteiger partial charge in [-0.1, -0.05) is 12.8 Å². The molecular weight excluding hydrogens is 307 g/mol. The van der Waals surface area contributed by atoms with Crippen LogP contribution < -0.4 is 10.2 Å². The highest BCUT2D eigenvalue weighted by molar-refractivity contribution is 9.10. The fraction of sp³-hybridized carbons (Fsp3) is 0.600. The number of piperazine rings is 1. The molecule has 0 bridgehead atoms. The first-order valence-corrected chi connectivity index (χ1v) is 7.86. The van der Waals surface area contributed by atoms with Crippen LogP contribution in [0, 0.1) is 5.82 Å². The molecule has 4 heteroatoms. The van der Waals surface area contributed by atoms with E-state index in [1.165, 1.54) is 25.7 Å². The first-order valence-electron chi connectivity index (χ1n) is 7.06. The summed E-state index contributed by atoms with van der Waals surface area (Å²) in [7, 11) is 0. The molecule has 1 aromatic carbocycles. The van der Waals surface area contributed by atoms with E-state index >= 15 is 0 Å². The van der Waals surface area contributed by atoms with Crippen LogP contribution in [0.15, 0.2) is 22.7 Å². The van der Waals surface area contributed by atoms with Crippen molar-refractivity contribution >= 4 is 21.6 Å². The van der Waals surface area contributed by atoms with E-state index in [4.69, 9.17) is 0 Å². The molecule has 0 radical (unpaired) electrons. The van der Waals surface area contributed by atoms with Gasteiger partial charge >= 0.3 is 0 Å². The summed E-state index contributed by atoms with van der Waals surface area (Å²) in [6, 6.07) is 5.87. The zero-order chi connectivity index (χ0) is 13.5. The Morgan fingerprint density at radius 3 is 2.79 bits per heavy atom. The maximum absolute atomic E-state index is 13.7. The van der Waals surface area contributed by atoms with E-state index in [2.05, 4.69) is 33.1 Å². The number of anilines is 1. The standard InChI is InChI=1S/C15H20BrFN2/c1-11-9-18-15(6-2-3-7-15)10-19(11)12-4-5-13(16)14(17)8-12/h4-5,8,11,18H,2-3,6-7,9-10H2,1H3. The molecular formula is C15H20BrFN2. The average Bonchev–Trinajstić information content (AvgIpc) is 2.85. The summed E-state index contributed by atoms with van der Waals surface area (Å²) in [5.41, 5.74) is 1.26. The number of nitrogens with one attached hydrogen (secondary N) is 1. The van der Waals surface area contributed by atoms with Crippen molar-refractivity contribution in [3.8, 4) is 0 Å². The molecule has 104 valence electrons. The third-order valence-electron chi connectivity index (χ3n) is 4.57. The lowest BCUT2D eigenvalue weighted by molar-refractivity contribution is 0.276. The minimum Gasteiger partial charge on any atom is -0.366 e. The lowest BCUT2D eigenvalue weighted by atomic mass is 9.92. The Labute approximate surface area is 122 Å². The van der Waals surface area contributed by atoms with Gasteiger partial charge in [0.15, 0.2) is 0 Å². The van der Waals surface area contributed by atoms with E-state index in [1.807, 2.05) is 6.07 Å². The van der Waals surface area contributed by atoms with Crippen molar-refractivity contribution in [3.63, 3.8) is 0 Å². The molecule has 1 aliphatic carbocycles. The predicted molar refractivity (Wildman–Crippen MR) is 80.1 cm³/mol. The van der Waals surface area contributed by atoms with Gasteiger partial charge in [0.05, 0.1) is 4.47 Å². The smallest absolute Gasteiger partial charge is 0.139 e. The van der Waals surface area contributed by atoms with Crippen molar-refractivity contribution in [2.45, 2.75) is 44.2 Å². The molecule has 0 amide bonds. The maximum Gasteiger partial charge on any atom is 0.139 e. The van der Waals surface area contributed by atoms with Crippen LogP contribution in [-0.2, 0) is 0 Å². The molecule has 1 unspecified atom stereocenters. The van der Waals surface area contributed by atoms with Crippen LogP contribution in [0.3, 0.4) is 0 Å². The van der Waals surface area contributed by atoms with Crippen LogP contribution in [0.25, 0.3) is 0 Å². The van der Waals surface area contributed by atoms with Gasteiger partial charge in [0.25, 0.3) is 0 Å². The van der Waals surface area contributed by atoms with E-state index in [0.717, 1.165) is 18.8 Å². The molecule has 1 aliphatic heterocycles. The Kier molecular flexibility index (Phi) is 3.56. The fourth-order valence-corrected chi connectivity index (χ4v) is 3.65. The minimum absolute atomic E-state index is 0.177. The Morgan fingerprint density at radius 1 is 1.37 bits per heavy atom. The third-order valence-corrected chi connectivity index (χ3v) is 5.22. The second-order valence-corrected chi connectivity index (χ2v) is 6.80. The fourth-order valence-electron chi connectivity index (χ4n) is 3.41. The number of hydrogen-bond acceptors (Lipinski definition) is 2. The van der Waals surface area contributed by atoms with Crippen LogP contribution in [0.2, 0.25) is 0 Å². The molecule has 3 rings (SSSR count). The van der Waals surface area contributed by atoms with Crippen LogP contribution in [0.5, 0.6) is 0 Å². The lowest BCUT2D eigenvalue weighted by Crippen LogP contribution is -2.62. The van der Waals surface area contributed by atoms with Gasteiger partial charge in [0.2, 0.25) is 0 Å². The number of hydrogen-bond donors (Lipinski definition) is 1. The molecule has 1 saturated heterocycles. The zero-order valence-electron chi connectivity index (χ0n) is 11.3. The van der Waals surface area contributed by atoms with Crippen LogP contribution >= 0.6 is 15.9 Å². The zero-order valence-corrected chi connectivity index (χ0v) is 12.8. The van der Waals surface area contributed by atoms with Gasteiger partial charge in [0.1, 0.15) is 5.82 Å². The molecule has 0 aromatic heterocycles. The Morgan fingerprint density at radius 2 is 2.11 bits per heavy atom. The summed E-state index contributed by atoms with van der Waals surface area (Å²) < 4.78 is 14.3. The van der Waals surface area contributed by atoms with E-state index in [-0.39, 0.29) is 11.4 Å². The van der Waals surface area contributed by atoms with Crippen molar-refractivity contribution in [2.75, 3.05) is 18.0 Å².